The Labute approximate surface area is 132 Å². The Kier molecular flexibility index (Phi) is 3.54. The Morgan fingerprint density at radius 3 is 2.50 bits per heavy atom. The van der Waals surface area contributed by atoms with Gasteiger partial charge in [0.1, 0.15) is 5.82 Å². The molecule has 2 aromatic rings. The number of nitrogens with zero attached hydrogens (tertiary/aromatic N) is 3. The fourth-order valence-electron chi connectivity index (χ4n) is 2.54. The van der Waals surface area contributed by atoms with Gasteiger partial charge in [0.05, 0.1) is 5.39 Å². The van der Waals surface area contributed by atoms with Gasteiger partial charge in [-0.3, -0.25) is 9.36 Å². The highest BCUT2D eigenvalue weighted by molar-refractivity contribution is 9.09. The maximum absolute atomic E-state index is 13.2. The molecule has 3 rings (SSSR count). The van der Waals surface area contributed by atoms with Crippen LogP contribution >= 0.6 is 15.9 Å². The van der Waals surface area contributed by atoms with Gasteiger partial charge >= 0.3 is 6.18 Å². The quantitative estimate of drug-likeness (QED) is 0.747. The van der Waals surface area contributed by atoms with E-state index in [9.17, 15) is 18.0 Å². The van der Waals surface area contributed by atoms with Gasteiger partial charge in [-0.05, 0) is 38.3 Å². The third-order valence-corrected chi connectivity index (χ3v) is 4.20. The second-order valence-electron chi connectivity index (χ2n) is 5.48. The van der Waals surface area contributed by atoms with Gasteiger partial charge in [-0.25, -0.2) is 9.97 Å². The molecule has 0 spiro atoms. The summed E-state index contributed by atoms with van der Waals surface area (Å²) in [7, 11) is 0. The highest BCUT2D eigenvalue weighted by atomic mass is 79.9. The van der Waals surface area contributed by atoms with Crippen LogP contribution < -0.4 is 5.56 Å². The van der Waals surface area contributed by atoms with Gasteiger partial charge in [0.15, 0.2) is 11.3 Å². The Balaban J connectivity index is 2.35. The van der Waals surface area contributed by atoms with Crippen molar-refractivity contribution in [3.05, 3.63) is 33.5 Å². The molecule has 0 bridgehead atoms. The standard InChI is InChI=1S/C14H13BrF3N3O/c1-6(15)9-5-10-12(20-11(9)14(16,17)18)19-7(2)21(13(10)22)8-3-4-8/h5-6,8H,3-4H2,1-2H3. The predicted molar refractivity (Wildman–Crippen MR) is 79.2 cm³/mol. The number of aryl methyl sites for hydroxylation is 1. The van der Waals surface area contributed by atoms with Crippen LogP contribution in [0.2, 0.25) is 0 Å². The molecule has 0 radical (unpaired) electrons. The number of aromatic nitrogens is 3. The van der Waals surface area contributed by atoms with Crippen LogP contribution in [-0.4, -0.2) is 14.5 Å². The van der Waals surface area contributed by atoms with Gasteiger partial charge < -0.3 is 0 Å². The van der Waals surface area contributed by atoms with Crippen molar-refractivity contribution in [1.82, 2.24) is 14.5 Å². The summed E-state index contributed by atoms with van der Waals surface area (Å²) < 4.78 is 41.0. The van der Waals surface area contributed by atoms with E-state index >= 15 is 0 Å². The van der Waals surface area contributed by atoms with Crippen LogP contribution in [-0.2, 0) is 6.18 Å². The molecule has 1 aliphatic carbocycles. The molecule has 4 nitrogen and oxygen atoms in total. The maximum Gasteiger partial charge on any atom is 0.433 e. The topological polar surface area (TPSA) is 47.8 Å². The Bertz CT molecular complexity index is 810. The zero-order chi connectivity index (χ0) is 16.2. The SMILES string of the molecule is Cc1nc2nc(C(F)(F)F)c(C(C)Br)cc2c(=O)n1C1CC1. The fourth-order valence-corrected chi connectivity index (χ4v) is 2.89. The number of hydrogen-bond donors (Lipinski definition) is 0. The van der Waals surface area contributed by atoms with Crippen molar-refractivity contribution in [3.63, 3.8) is 0 Å². The molecule has 0 N–H and O–H groups in total. The van der Waals surface area contributed by atoms with Crippen molar-refractivity contribution in [1.29, 1.82) is 0 Å². The third kappa shape index (κ3) is 2.53. The largest absolute Gasteiger partial charge is 0.433 e. The Hall–Kier alpha value is -1.44. The molecule has 22 heavy (non-hydrogen) atoms. The van der Waals surface area contributed by atoms with Crippen LogP contribution in [0, 0.1) is 6.92 Å². The van der Waals surface area contributed by atoms with Gasteiger partial charge in [0, 0.05) is 10.9 Å². The normalized spacial score (nSPS) is 17.0. The summed E-state index contributed by atoms with van der Waals surface area (Å²) in [6.07, 6.45) is -2.81. The second-order valence-corrected chi connectivity index (χ2v) is 6.85. The summed E-state index contributed by atoms with van der Waals surface area (Å²) in [6, 6.07) is 1.37. The molecule has 1 aliphatic rings. The van der Waals surface area contributed by atoms with Crippen molar-refractivity contribution >= 4 is 27.0 Å². The first-order valence-corrected chi connectivity index (χ1v) is 7.76. The number of rotatable bonds is 2. The van der Waals surface area contributed by atoms with Crippen molar-refractivity contribution in [3.8, 4) is 0 Å². The van der Waals surface area contributed by atoms with E-state index in [1.807, 2.05) is 0 Å². The minimum Gasteiger partial charge on any atom is -0.293 e. The fraction of sp³-hybridized carbons (Fsp3) is 0.500. The van der Waals surface area contributed by atoms with E-state index in [0.29, 0.717) is 5.82 Å². The van der Waals surface area contributed by atoms with Crippen LogP contribution in [0.5, 0.6) is 0 Å². The first-order chi connectivity index (χ1) is 10.2. The van der Waals surface area contributed by atoms with Gasteiger partial charge in [-0.15, -0.1) is 0 Å². The first kappa shape index (κ1) is 15.5. The first-order valence-electron chi connectivity index (χ1n) is 6.85. The highest BCUT2D eigenvalue weighted by Gasteiger charge is 2.37. The van der Waals surface area contributed by atoms with Crippen LogP contribution in [0.1, 0.15) is 47.7 Å². The lowest BCUT2D eigenvalue weighted by Crippen LogP contribution is -2.24. The van der Waals surface area contributed by atoms with E-state index in [1.54, 1.807) is 18.4 Å². The van der Waals surface area contributed by atoms with E-state index in [2.05, 4.69) is 25.9 Å². The molecule has 2 heterocycles. The average molecular weight is 376 g/mol. The third-order valence-electron chi connectivity index (χ3n) is 3.71. The van der Waals surface area contributed by atoms with Gasteiger partial charge in [0.2, 0.25) is 0 Å². The van der Waals surface area contributed by atoms with Crippen molar-refractivity contribution in [2.45, 2.75) is 43.7 Å². The maximum atomic E-state index is 13.2. The van der Waals surface area contributed by atoms with E-state index in [-0.39, 0.29) is 28.2 Å². The molecule has 0 aliphatic heterocycles. The zero-order valence-corrected chi connectivity index (χ0v) is 13.5. The number of halogens is 4. The van der Waals surface area contributed by atoms with Crippen LogP contribution in [0.25, 0.3) is 11.0 Å². The van der Waals surface area contributed by atoms with E-state index < -0.39 is 16.7 Å². The molecule has 0 saturated heterocycles. The molecule has 0 amide bonds. The molecule has 118 valence electrons. The van der Waals surface area contributed by atoms with Crippen LogP contribution in [0.3, 0.4) is 0 Å². The zero-order valence-electron chi connectivity index (χ0n) is 11.9. The molecule has 1 saturated carbocycles. The number of pyridine rings is 1. The van der Waals surface area contributed by atoms with Crippen LogP contribution in [0.4, 0.5) is 13.2 Å². The number of fused-ring (bicyclic) bond motifs is 1. The van der Waals surface area contributed by atoms with Crippen molar-refractivity contribution < 1.29 is 13.2 Å². The molecular formula is C14H13BrF3N3O. The average Bonchev–Trinajstić information content (AvgIpc) is 3.20. The summed E-state index contributed by atoms with van der Waals surface area (Å²) >= 11 is 3.14. The summed E-state index contributed by atoms with van der Waals surface area (Å²) in [5, 5.41) is 0.131. The minimum atomic E-state index is -4.59. The number of hydrogen-bond acceptors (Lipinski definition) is 3. The summed E-state index contributed by atoms with van der Waals surface area (Å²) in [5.74, 6) is 0.403. The van der Waals surface area contributed by atoms with Crippen molar-refractivity contribution in [2.24, 2.45) is 0 Å². The second kappa shape index (κ2) is 5.04. The Morgan fingerprint density at radius 1 is 1.36 bits per heavy atom. The van der Waals surface area contributed by atoms with Crippen LogP contribution in [0.15, 0.2) is 10.9 Å². The molecule has 2 aromatic heterocycles. The lowest BCUT2D eigenvalue weighted by molar-refractivity contribution is -0.141. The summed E-state index contributed by atoms with van der Waals surface area (Å²) in [5.41, 5.74) is -1.52. The molecule has 0 aromatic carbocycles. The van der Waals surface area contributed by atoms with Gasteiger partial charge in [0.25, 0.3) is 5.56 Å². The molecule has 1 unspecified atom stereocenters. The van der Waals surface area contributed by atoms with E-state index in [4.69, 9.17) is 0 Å². The minimum absolute atomic E-state index is 0.0508. The lowest BCUT2D eigenvalue weighted by atomic mass is 10.1. The molecular weight excluding hydrogens is 363 g/mol. The lowest BCUT2D eigenvalue weighted by Gasteiger charge is -2.16. The van der Waals surface area contributed by atoms with Crippen molar-refractivity contribution in [2.75, 3.05) is 0 Å². The summed E-state index contributed by atoms with van der Waals surface area (Å²) in [6.45, 7) is 3.19. The molecule has 1 fully saturated rings. The van der Waals surface area contributed by atoms with Gasteiger partial charge in [-0.1, -0.05) is 15.9 Å². The predicted octanol–water partition coefficient (Wildman–Crippen LogP) is 3.91. The smallest absolute Gasteiger partial charge is 0.293 e. The number of alkyl halides is 4. The highest BCUT2D eigenvalue weighted by Crippen LogP contribution is 2.38. The summed E-state index contributed by atoms with van der Waals surface area (Å²) in [4.78, 5) is 19.7. The molecule has 1 atom stereocenters. The van der Waals surface area contributed by atoms with Gasteiger partial charge in [-0.2, -0.15) is 13.2 Å². The van der Waals surface area contributed by atoms with E-state index in [1.165, 1.54) is 6.07 Å². The van der Waals surface area contributed by atoms with E-state index in [0.717, 1.165) is 12.8 Å². The molecule has 8 heteroatoms. The Morgan fingerprint density at radius 2 is 2.00 bits per heavy atom. The monoisotopic (exact) mass is 375 g/mol.